The Hall–Kier alpha value is -0.960. The van der Waals surface area contributed by atoms with Crippen LogP contribution in [0.3, 0.4) is 0 Å². The van der Waals surface area contributed by atoms with Crippen LogP contribution in [-0.2, 0) is 21.4 Å². The second kappa shape index (κ2) is 6.83. The monoisotopic (exact) mass is 411 g/mol. The Morgan fingerprint density at radius 1 is 1.15 bits per heavy atom. The van der Waals surface area contributed by atoms with E-state index in [1.54, 1.807) is 15.6 Å². The number of thiophene rings is 1. The molecule has 8 heteroatoms. The lowest BCUT2D eigenvalue weighted by atomic mass is 9.60. The highest BCUT2D eigenvalue weighted by Crippen LogP contribution is 2.58. The predicted molar refractivity (Wildman–Crippen MR) is 107 cm³/mol. The third-order valence-corrected chi connectivity index (χ3v) is 9.13. The van der Waals surface area contributed by atoms with E-state index < -0.39 is 15.4 Å². The molecule has 0 radical (unpaired) electrons. The van der Waals surface area contributed by atoms with Crippen LogP contribution in [-0.4, -0.2) is 74.0 Å². The van der Waals surface area contributed by atoms with E-state index in [4.69, 9.17) is 0 Å². The van der Waals surface area contributed by atoms with Crippen LogP contribution in [0.2, 0.25) is 0 Å². The predicted octanol–water partition coefficient (Wildman–Crippen LogP) is 1.84. The van der Waals surface area contributed by atoms with Crippen LogP contribution in [0.15, 0.2) is 17.5 Å². The summed E-state index contributed by atoms with van der Waals surface area (Å²) in [4.78, 5) is 19.1. The first-order valence-corrected chi connectivity index (χ1v) is 12.5. The first-order valence-electron chi connectivity index (χ1n) is 9.79. The number of carbonyl (C=O) groups excluding carboxylic acids is 1. The Morgan fingerprint density at radius 2 is 1.89 bits per heavy atom. The standard InChI is InChI=1S/C19H29N3O3S2/c1-3-21-11-8-19(17(21)23)15-22(27(2,24)25)14-18(19)6-9-20(10-7-18)13-16-5-4-12-26-16/h4-5,12H,3,6-11,13-15H2,1-2H3/t19-/m0/s1. The first kappa shape index (κ1) is 19.4. The zero-order chi connectivity index (χ0) is 19.3. The van der Waals surface area contributed by atoms with Crippen molar-refractivity contribution in [2.45, 2.75) is 32.7 Å². The third-order valence-electron chi connectivity index (χ3n) is 7.07. The molecule has 3 aliphatic heterocycles. The molecule has 0 unspecified atom stereocenters. The highest BCUT2D eigenvalue weighted by atomic mass is 32.2. The molecular formula is C19H29N3O3S2. The van der Waals surface area contributed by atoms with Gasteiger partial charge in [0.05, 0.1) is 11.7 Å². The number of nitrogens with zero attached hydrogens (tertiary/aromatic N) is 3. The lowest BCUT2D eigenvalue weighted by Gasteiger charge is -2.47. The molecule has 0 aromatic carbocycles. The Labute approximate surface area is 166 Å². The van der Waals surface area contributed by atoms with Gasteiger partial charge in [0.15, 0.2) is 0 Å². The van der Waals surface area contributed by atoms with Gasteiger partial charge in [-0.2, -0.15) is 0 Å². The van der Waals surface area contributed by atoms with Gasteiger partial charge in [0.25, 0.3) is 0 Å². The Balaban J connectivity index is 1.58. The van der Waals surface area contributed by atoms with Gasteiger partial charge < -0.3 is 4.90 Å². The first-order chi connectivity index (χ1) is 12.8. The molecule has 1 aromatic rings. The highest BCUT2D eigenvalue weighted by molar-refractivity contribution is 7.88. The second-order valence-corrected chi connectivity index (χ2v) is 11.4. The van der Waals surface area contributed by atoms with E-state index >= 15 is 0 Å². The van der Waals surface area contributed by atoms with Gasteiger partial charge in [-0.3, -0.25) is 9.69 Å². The SMILES string of the molecule is CCN1CC[C@]2(CN(S(C)(=O)=O)CC23CCN(Cc2cccs2)CC3)C1=O. The largest absolute Gasteiger partial charge is 0.342 e. The molecule has 0 saturated carbocycles. The fourth-order valence-corrected chi connectivity index (χ4v) is 7.11. The van der Waals surface area contributed by atoms with E-state index in [-0.39, 0.29) is 11.3 Å². The summed E-state index contributed by atoms with van der Waals surface area (Å²) in [5.41, 5.74) is -0.746. The third kappa shape index (κ3) is 3.14. The molecule has 1 aromatic heterocycles. The molecule has 1 atom stereocenters. The Bertz CT molecular complexity index is 800. The average molecular weight is 412 g/mol. The van der Waals surface area contributed by atoms with Crippen LogP contribution < -0.4 is 0 Å². The molecule has 6 nitrogen and oxygen atoms in total. The number of rotatable bonds is 4. The number of amides is 1. The number of fused-ring (bicyclic) bond motifs is 1. The summed E-state index contributed by atoms with van der Waals surface area (Å²) in [7, 11) is -3.29. The van der Waals surface area contributed by atoms with Crippen molar-refractivity contribution in [3.63, 3.8) is 0 Å². The number of carbonyl (C=O) groups is 1. The van der Waals surface area contributed by atoms with E-state index in [0.717, 1.165) is 45.4 Å². The molecule has 3 fully saturated rings. The number of sulfonamides is 1. The van der Waals surface area contributed by atoms with Crippen molar-refractivity contribution in [2.75, 3.05) is 45.5 Å². The van der Waals surface area contributed by atoms with Crippen LogP contribution in [0.5, 0.6) is 0 Å². The lowest BCUT2D eigenvalue weighted by molar-refractivity contribution is -0.142. The van der Waals surface area contributed by atoms with Crippen molar-refractivity contribution in [1.29, 1.82) is 0 Å². The second-order valence-electron chi connectivity index (χ2n) is 8.38. The van der Waals surface area contributed by atoms with Gasteiger partial charge in [0.2, 0.25) is 15.9 Å². The molecule has 0 bridgehead atoms. The summed E-state index contributed by atoms with van der Waals surface area (Å²) < 4.78 is 26.2. The fraction of sp³-hybridized carbons (Fsp3) is 0.737. The highest BCUT2D eigenvalue weighted by Gasteiger charge is 2.66. The summed E-state index contributed by atoms with van der Waals surface area (Å²) in [5.74, 6) is 0.183. The smallest absolute Gasteiger partial charge is 0.230 e. The zero-order valence-corrected chi connectivity index (χ0v) is 17.8. The van der Waals surface area contributed by atoms with Crippen LogP contribution in [0.25, 0.3) is 0 Å². The van der Waals surface area contributed by atoms with Crippen LogP contribution in [0, 0.1) is 10.8 Å². The quantitative estimate of drug-likeness (QED) is 0.759. The Kier molecular flexibility index (Phi) is 4.90. The Morgan fingerprint density at radius 3 is 2.44 bits per heavy atom. The van der Waals surface area contributed by atoms with Crippen molar-refractivity contribution < 1.29 is 13.2 Å². The minimum Gasteiger partial charge on any atom is -0.342 e. The number of likely N-dealkylation sites (tertiary alicyclic amines) is 2. The molecule has 0 aliphatic carbocycles. The van der Waals surface area contributed by atoms with Crippen LogP contribution >= 0.6 is 11.3 Å². The molecule has 1 amide bonds. The minimum atomic E-state index is -3.29. The molecular weight excluding hydrogens is 382 g/mol. The molecule has 0 N–H and O–H groups in total. The summed E-state index contributed by atoms with van der Waals surface area (Å²) in [5, 5.41) is 2.10. The normalized spacial score (nSPS) is 29.4. The van der Waals surface area contributed by atoms with Crippen molar-refractivity contribution in [3.05, 3.63) is 22.4 Å². The fourth-order valence-electron chi connectivity index (χ4n) is 5.42. The number of hydrogen-bond donors (Lipinski definition) is 0. The van der Waals surface area contributed by atoms with Gasteiger partial charge in [-0.25, -0.2) is 12.7 Å². The van der Waals surface area contributed by atoms with Gasteiger partial charge in [0.1, 0.15) is 0 Å². The van der Waals surface area contributed by atoms with Crippen LogP contribution in [0.1, 0.15) is 31.1 Å². The molecule has 150 valence electrons. The summed E-state index contributed by atoms with van der Waals surface area (Å²) in [6.45, 7) is 7.15. The molecule has 3 saturated heterocycles. The molecule has 4 heterocycles. The maximum atomic E-state index is 13.3. The maximum Gasteiger partial charge on any atom is 0.230 e. The van der Waals surface area contributed by atoms with Gasteiger partial charge in [-0.15, -0.1) is 11.3 Å². The van der Waals surface area contributed by atoms with Crippen LogP contribution in [0.4, 0.5) is 0 Å². The molecule has 4 rings (SSSR count). The van der Waals surface area contributed by atoms with Gasteiger partial charge in [0, 0.05) is 43.0 Å². The summed E-state index contributed by atoms with van der Waals surface area (Å²) in [6, 6.07) is 4.25. The summed E-state index contributed by atoms with van der Waals surface area (Å²) in [6.07, 6.45) is 3.86. The zero-order valence-electron chi connectivity index (χ0n) is 16.2. The van der Waals surface area contributed by atoms with E-state index in [1.807, 2.05) is 11.8 Å². The lowest BCUT2D eigenvalue weighted by Crippen LogP contribution is -2.52. The van der Waals surface area contributed by atoms with Crippen molar-refractivity contribution in [1.82, 2.24) is 14.1 Å². The van der Waals surface area contributed by atoms with Crippen molar-refractivity contribution >= 4 is 27.3 Å². The van der Waals surface area contributed by atoms with Crippen molar-refractivity contribution in [2.24, 2.45) is 10.8 Å². The van der Waals surface area contributed by atoms with Gasteiger partial charge in [-0.05, 0) is 50.7 Å². The van der Waals surface area contributed by atoms with E-state index in [9.17, 15) is 13.2 Å². The molecule has 2 spiro atoms. The maximum absolute atomic E-state index is 13.3. The van der Waals surface area contributed by atoms with Crippen molar-refractivity contribution in [3.8, 4) is 0 Å². The average Bonchev–Trinajstić information content (AvgIpc) is 3.32. The molecule has 27 heavy (non-hydrogen) atoms. The van der Waals surface area contributed by atoms with E-state index in [1.165, 1.54) is 11.1 Å². The van der Waals surface area contributed by atoms with Gasteiger partial charge in [-0.1, -0.05) is 6.07 Å². The number of hydrogen-bond acceptors (Lipinski definition) is 5. The van der Waals surface area contributed by atoms with Gasteiger partial charge >= 0.3 is 0 Å². The molecule has 3 aliphatic rings. The van der Waals surface area contributed by atoms with E-state index in [0.29, 0.717) is 19.6 Å². The topological polar surface area (TPSA) is 60.9 Å². The van der Waals surface area contributed by atoms with E-state index in [2.05, 4.69) is 22.4 Å². The number of piperidine rings is 1. The minimum absolute atomic E-state index is 0.183. The summed E-state index contributed by atoms with van der Waals surface area (Å²) >= 11 is 1.78.